The van der Waals surface area contributed by atoms with E-state index in [4.69, 9.17) is 11.6 Å². The SMILES string of the molecule is Cc1ccc(NC(=O)Cn2cc(/C=C3/NC(=O)N(Cc4ccc(Cl)cc4)C3=O)c3ccccc32)cc1. The lowest BCUT2D eigenvalue weighted by atomic mass is 10.1. The number of carbonyl (C=O) groups excluding carboxylic acids is 3. The van der Waals surface area contributed by atoms with Crippen molar-refractivity contribution in [1.82, 2.24) is 14.8 Å². The molecular weight excluding hydrogens is 476 g/mol. The van der Waals surface area contributed by atoms with Crippen molar-refractivity contribution >= 4 is 52.1 Å². The van der Waals surface area contributed by atoms with Gasteiger partial charge < -0.3 is 15.2 Å². The van der Waals surface area contributed by atoms with Gasteiger partial charge in [0.15, 0.2) is 0 Å². The van der Waals surface area contributed by atoms with E-state index < -0.39 is 11.9 Å². The maximum atomic E-state index is 13.0. The molecule has 1 saturated heterocycles. The molecule has 4 amide bonds. The number of nitrogens with one attached hydrogen (secondary N) is 2. The van der Waals surface area contributed by atoms with Gasteiger partial charge in [-0.05, 0) is 48.9 Å². The normalized spacial score (nSPS) is 14.5. The number of rotatable bonds is 6. The van der Waals surface area contributed by atoms with Crippen LogP contribution in [0.4, 0.5) is 10.5 Å². The van der Waals surface area contributed by atoms with Gasteiger partial charge in [-0.15, -0.1) is 0 Å². The van der Waals surface area contributed by atoms with E-state index in [2.05, 4.69) is 10.6 Å². The molecule has 36 heavy (non-hydrogen) atoms. The summed E-state index contributed by atoms with van der Waals surface area (Å²) in [6.07, 6.45) is 3.46. The number of halogens is 1. The average Bonchev–Trinajstić information content (AvgIpc) is 3.33. The zero-order valence-corrected chi connectivity index (χ0v) is 20.3. The van der Waals surface area contributed by atoms with E-state index in [1.807, 2.05) is 66.2 Å². The minimum Gasteiger partial charge on any atom is -0.337 e. The van der Waals surface area contributed by atoms with Gasteiger partial charge in [-0.25, -0.2) is 4.79 Å². The van der Waals surface area contributed by atoms with Crippen molar-refractivity contribution in [2.45, 2.75) is 20.0 Å². The van der Waals surface area contributed by atoms with Crippen LogP contribution in [0.2, 0.25) is 5.02 Å². The van der Waals surface area contributed by atoms with Crippen molar-refractivity contribution in [3.8, 4) is 0 Å². The van der Waals surface area contributed by atoms with E-state index in [1.54, 1.807) is 30.3 Å². The van der Waals surface area contributed by atoms with Crippen molar-refractivity contribution < 1.29 is 14.4 Å². The van der Waals surface area contributed by atoms with E-state index in [1.165, 1.54) is 0 Å². The summed E-state index contributed by atoms with van der Waals surface area (Å²) in [5, 5.41) is 7.03. The minimum absolute atomic E-state index is 0.0978. The predicted octanol–water partition coefficient (Wildman–Crippen LogP) is 5.33. The van der Waals surface area contributed by atoms with Gasteiger partial charge in [0, 0.05) is 33.4 Å². The molecule has 0 spiro atoms. The Kier molecular flexibility index (Phi) is 6.31. The van der Waals surface area contributed by atoms with E-state index in [0.29, 0.717) is 5.02 Å². The Morgan fingerprint density at radius 3 is 2.47 bits per heavy atom. The number of imide groups is 1. The lowest BCUT2D eigenvalue weighted by Crippen LogP contribution is -2.30. The maximum Gasteiger partial charge on any atom is 0.329 e. The number of amides is 4. The predicted molar refractivity (Wildman–Crippen MR) is 140 cm³/mol. The lowest BCUT2D eigenvalue weighted by Gasteiger charge is -2.11. The third-order valence-electron chi connectivity index (χ3n) is 5.98. The summed E-state index contributed by atoms with van der Waals surface area (Å²) in [7, 11) is 0. The van der Waals surface area contributed by atoms with Gasteiger partial charge in [0.05, 0.1) is 6.54 Å². The summed E-state index contributed by atoms with van der Waals surface area (Å²) in [5.74, 6) is -0.581. The van der Waals surface area contributed by atoms with Gasteiger partial charge in [-0.2, -0.15) is 0 Å². The van der Waals surface area contributed by atoms with Gasteiger partial charge in [-0.3, -0.25) is 14.5 Å². The van der Waals surface area contributed by atoms with Gasteiger partial charge in [-0.1, -0.05) is 59.6 Å². The Morgan fingerprint density at radius 1 is 1.00 bits per heavy atom. The van der Waals surface area contributed by atoms with Crippen LogP contribution < -0.4 is 10.6 Å². The molecule has 5 rings (SSSR count). The maximum absolute atomic E-state index is 13.0. The molecule has 0 bridgehead atoms. The summed E-state index contributed by atoms with van der Waals surface area (Å²) < 4.78 is 1.83. The van der Waals surface area contributed by atoms with Gasteiger partial charge in [0.25, 0.3) is 5.91 Å². The van der Waals surface area contributed by atoms with Crippen LogP contribution in [0.15, 0.2) is 84.7 Å². The average molecular weight is 499 g/mol. The number of carbonyl (C=O) groups is 3. The smallest absolute Gasteiger partial charge is 0.329 e. The number of anilines is 1. The quantitative estimate of drug-likeness (QED) is 0.278. The molecule has 1 aromatic heterocycles. The van der Waals surface area contributed by atoms with Crippen molar-refractivity contribution in [3.63, 3.8) is 0 Å². The van der Waals surface area contributed by atoms with Crippen LogP contribution in [0.5, 0.6) is 0 Å². The molecule has 8 heteroatoms. The molecule has 0 atom stereocenters. The molecule has 1 aliphatic heterocycles. The molecule has 0 radical (unpaired) electrons. The fraction of sp³-hybridized carbons (Fsp3) is 0.107. The Bertz CT molecular complexity index is 1500. The molecule has 0 aliphatic carbocycles. The van der Waals surface area contributed by atoms with Gasteiger partial charge in [0.1, 0.15) is 12.2 Å². The molecule has 4 aromatic rings. The Hall–Kier alpha value is -4.36. The highest BCUT2D eigenvalue weighted by Crippen LogP contribution is 2.25. The number of hydrogen-bond donors (Lipinski definition) is 2. The van der Waals surface area contributed by atoms with Gasteiger partial charge in [0.2, 0.25) is 5.91 Å². The topological polar surface area (TPSA) is 83.4 Å². The first-order chi connectivity index (χ1) is 17.4. The number of fused-ring (bicyclic) bond motifs is 1. The number of hydrogen-bond acceptors (Lipinski definition) is 3. The lowest BCUT2D eigenvalue weighted by molar-refractivity contribution is -0.123. The van der Waals surface area contributed by atoms with Crippen LogP contribution in [0.1, 0.15) is 16.7 Å². The number of urea groups is 1. The highest BCUT2D eigenvalue weighted by molar-refractivity contribution is 6.30. The minimum atomic E-state index is -0.484. The van der Waals surface area contributed by atoms with E-state index in [-0.39, 0.29) is 24.7 Å². The molecule has 2 N–H and O–H groups in total. The number of benzene rings is 3. The fourth-order valence-corrected chi connectivity index (χ4v) is 4.28. The molecule has 2 heterocycles. The van der Waals surface area contributed by atoms with Crippen LogP contribution >= 0.6 is 11.6 Å². The van der Waals surface area contributed by atoms with E-state index in [9.17, 15) is 14.4 Å². The van der Waals surface area contributed by atoms with Crippen molar-refractivity contribution in [1.29, 1.82) is 0 Å². The van der Waals surface area contributed by atoms with E-state index in [0.717, 1.165) is 38.2 Å². The van der Waals surface area contributed by atoms with E-state index >= 15 is 0 Å². The number of para-hydroxylation sites is 1. The van der Waals surface area contributed by atoms with Crippen LogP contribution in [-0.4, -0.2) is 27.3 Å². The first kappa shape index (κ1) is 23.4. The standard InChI is InChI=1S/C28H23ClN4O3/c1-18-6-12-22(13-7-18)30-26(34)17-32-16-20(23-4-2-3-5-25(23)32)14-24-27(35)33(28(36)31-24)15-19-8-10-21(29)11-9-19/h2-14,16H,15,17H2,1H3,(H,30,34)(H,31,36)/b24-14+. The van der Waals surface area contributed by atoms with Crippen molar-refractivity contribution in [3.05, 3.63) is 106 Å². The monoisotopic (exact) mass is 498 g/mol. The molecule has 7 nitrogen and oxygen atoms in total. The highest BCUT2D eigenvalue weighted by Gasteiger charge is 2.33. The second-order valence-electron chi connectivity index (χ2n) is 8.65. The Morgan fingerprint density at radius 2 is 1.72 bits per heavy atom. The summed E-state index contributed by atoms with van der Waals surface area (Å²) in [4.78, 5) is 39.4. The summed E-state index contributed by atoms with van der Waals surface area (Å²) in [6, 6.07) is 21.7. The third kappa shape index (κ3) is 4.87. The molecule has 3 aromatic carbocycles. The van der Waals surface area contributed by atoms with Crippen LogP contribution in [0, 0.1) is 6.92 Å². The van der Waals surface area contributed by atoms with Crippen LogP contribution in [0.25, 0.3) is 17.0 Å². The molecular formula is C28H23ClN4O3. The zero-order valence-electron chi connectivity index (χ0n) is 19.5. The Labute approximate surface area is 213 Å². The number of aryl methyl sites for hydroxylation is 1. The van der Waals surface area contributed by atoms with Crippen LogP contribution in [-0.2, 0) is 22.7 Å². The summed E-state index contributed by atoms with van der Waals surface area (Å²) in [5.41, 5.74) is 4.39. The second kappa shape index (κ2) is 9.71. The molecule has 180 valence electrons. The summed E-state index contributed by atoms with van der Waals surface area (Å²) >= 11 is 5.93. The third-order valence-corrected chi connectivity index (χ3v) is 6.24. The molecule has 0 unspecified atom stereocenters. The van der Waals surface area contributed by atoms with Crippen LogP contribution in [0.3, 0.4) is 0 Å². The fourth-order valence-electron chi connectivity index (χ4n) is 4.16. The largest absolute Gasteiger partial charge is 0.337 e. The first-order valence-corrected chi connectivity index (χ1v) is 11.8. The number of nitrogens with zero attached hydrogens (tertiary/aromatic N) is 2. The first-order valence-electron chi connectivity index (χ1n) is 11.4. The molecule has 0 saturated carbocycles. The van der Waals surface area contributed by atoms with Gasteiger partial charge >= 0.3 is 6.03 Å². The number of aromatic nitrogens is 1. The highest BCUT2D eigenvalue weighted by atomic mass is 35.5. The van der Waals surface area contributed by atoms with Crippen molar-refractivity contribution in [2.75, 3.05) is 5.32 Å². The molecule has 1 aliphatic rings. The molecule has 1 fully saturated rings. The Balaban J connectivity index is 1.38. The second-order valence-corrected chi connectivity index (χ2v) is 9.09. The van der Waals surface area contributed by atoms with Crippen molar-refractivity contribution in [2.24, 2.45) is 0 Å². The zero-order chi connectivity index (χ0) is 25.2. The summed E-state index contributed by atoms with van der Waals surface area (Å²) in [6.45, 7) is 2.22.